The van der Waals surface area contributed by atoms with Crippen LogP contribution >= 0.6 is 0 Å². The predicted octanol–water partition coefficient (Wildman–Crippen LogP) is 3.25. The number of amides is 1. The first-order valence-electron chi connectivity index (χ1n) is 7.91. The molecule has 0 spiro atoms. The van der Waals surface area contributed by atoms with Gasteiger partial charge in [-0.15, -0.1) is 0 Å². The fourth-order valence-corrected chi connectivity index (χ4v) is 2.72. The van der Waals surface area contributed by atoms with Crippen LogP contribution in [0.4, 0.5) is 4.39 Å². The van der Waals surface area contributed by atoms with Crippen LogP contribution in [0.3, 0.4) is 0 Å². The Bertz CT molecular complexity index is 749. The lowest BCUT2D eigenvalue weighted by Gasteiger charge is -2.19. The molecule has 1 aromatic carbocycles. The summed E-state index contributed by atoms with van der Waals surface area (Å²) in [6, 6.07) is 9.03. The van der Waals surface area contributed by atoms with Crippen molar-refractivity contribution in [3.63, 3.8) is 0 Å². The molecule has 1 amide bonds. The van der Waals surface area contributed by atoms with Crippen LogP contribution in [0.15, 0.2) is 40.8 Å². The maximum atomic E-state index is 13.7. The Labute approximate surface area is 139 Å². The van der Waals surface area contributed by atoms with Crippen molar-refractivity contribution in [3.05, 3.63) is 48.0 Å². The molecule has 3 rings (SSSR count). The molecular formula is C18H18FNO4. The number of nitrogens with zero attached hydrogens (tertiary/aromatic N) is 1. The normalized spacial score (nSPS) is 15.3. The topological polar surface area (TPSA) is 59.8 Å². The predicted molar refractivity (Wildman–Crippen MR) is 84.8 cm³/mol. The van der Waals surface area contributed by atoms with Crippen LogP contribution in [0.5, 0.6) is 0 Å². The molecule has 1 aromatic heterocycles. The third kappa shape index (κ3) is 3.32. The quantitative estimate of drug-likeness (QED) is 0.807. The second-order valence-electron chi connectivity index (χ2n) is 5.72. The zero-order valence-electron chi connectivity index (χ0n) is 13.3. The van der Waals surface area contributed by atoms with Gasteiger partial charge < -0.3 is 14.1 Å². The number of hydrogen-bond acceptors (Lipinski definition) is 4. The van der Waals surface area contributed by atoms with Crippen molar-refractivity contribution in [2.45, 2.75) is 25.9 Å². The van der Waals surface area contributed by atoms with Gasteiger partial charge in [-0.3, -0.25) is 4.79 Å². The van der Waals surface area contributed by atoms with Crippen LogP contribution in [-0.2, 0) is 9.53 Å². The van der Waals surface area contributed by atoms with Crippen molar-refractivity contribution < 1.29 is 23.1 Å². The maximum Gasteiger partial charge on any atom is 0.375 e. The van der Waals surface area contributed by atoms with E-state index in [-0.39, 0.29) is 23.0 Å². The summed E-state index contributed by atoms with van der Waals surface area (Å²) < 4.78 is 24.3. The molecule has 0 N–H and O–H groups in total. The van der Waals surface area contributed by atoms with Gasteiger partial charge in [-0.05, 0) is 44.0 Å². The Morgan fingerprint density at radius 1 is 1.17 bits per heavy atom. The number of ether oxygens (including phenoxy) is 1. The van der Waals surface area contributed by atoms with Crippen LogP contribution < -0.4 is 0 Å². The zero-order chi connectivity index (χ0) is 17.1. The van der Waals surface area contributed by atoms with Gasteiger partial charge in [0.15, 0.2) is 6.10 Å². The summed E-state index contributed by atoms with van der Waals surface area (Å²) >= 11 is 0. The summed E-state index contributed by atoms with van der Waals surface area (Å²) in [5.41, 5.74) is 0.262. The average Bonchev–Trinajstić information content (AvgIpc) is 3.26. The maximum absolute atomic E-state index is 13.7. The largest absolute Gasteiger partial charge is 0.449 e. The molecule has 0 radical (unpaired) electrons. The number of furan rings is 1. The highest BCUT2D eigenvalue weighted by Crippen LogP contribution is 2.25. The van der Waals surface area contributed by atoms with E-state index in [2.05, 4.69) is 0 Å². The minimum absolute atomic E-state index is 0.0608. The minimum Gasteiger partial charge on any atom is -0.449 e. The Morgan fingerprint density at radius 2 is 1.88 bits per heavy atom. The summed E-state index contributed by atoms with van der Waals surface area (Å²) in [6.07, 6.45) is 1.06. The van der Waals surface area contributed by atoms with E-state index in [4.69, 9.17) is 9.15 Å². The van der Waals surface area contributed by atoms with Crippen LogP contribution in [0.1, 0.15) is 30.3 Å². The summed E-state index contributed by atoms with van der Waals surface area (Å²) in [4.78, 5) is 26.0. The standard InChI is InChI=1S/C18H18FNO4/c1-12(17(21)20-10-4-5-11-20)23-18(22)16-9-8-15(24-16)13-6-2-3-7-14(13)19/h2-3,6-9,12H,4-5,10-11H2,1H3. The molecule has 1 saturated heterocycles. The first-order chi connectivity index (χ1) is 11.6. The van der Waals surface area contributed by atoms with Crippen molar-refractivity contribution >= 4 is 11.9 Å². The van der Waals surface area contributed by atoms with Gasteiger partial charge in [-0.25, -0.2) is 9.18 Å². The Hall–Kier alpha value is -2.63. The van der Waals surface area contributed by atoms with Crippen molar-refractivity contribution in [1.29, 1.82) is 0 Å². The number of likely N-dealkylation sites (tertiary alicyclic amines) is 1. The highest BCUT2D eigenvalue weighted by atomic mass is 19.1. The van der Waals surface area contributed by atoms with Crippen LogP contribution in [0, 0.1) is 5.82 Å². The fraction of sp³-hybridized carbons (Fsp3) is 0.333. The van der Waals surface area contributed by atoms with Crippen molar-refractivity contribution in [3.8, 4) is 11.3 Å². The van der Waals surface area contributed by atoms with Gasteiger partial charge in [0, 0.05) is 13.1 Å². The lowest BCUT2D eigenvalue weighted by Crippen LogP contribution is -2.38. The third-order valence-corrected chi connectivity index (χ3v) is 4.00. The highest BCUT2D eigenvalue weighted by molar-refractivity contribution is 5.90. The van der Waals surface area contributed by atoms with E-state index in [0.717, 1.165) is 12.8 Å². The Kier molecular flexibility index (Phi) is 4.64. The molecular weight excluding hydrogens is 313 g/mol. The van der Waals surface area contributed by atoms with Crippen molar-refractivity contribution in [2.24, 2.45) is 0 Å². The van der Waals surface area contributed by atoms with E-state index in [1.807, 2.05) is 0 Å². The molecule has 2 heterocycles. The average molecular weight is 331 g/mol. The van der Waals surface area contributed by atoms with E-state index in [0.29, 0.717) is 13.1 Å². The lowest BCUT2D eigenvalue weighted by atomic mass is 10.1. The van der Waals surface area contributed by atoms with Gasteiger partial charge in [-0.1, -0.05) is 12.1 Å². The molecule has 126 valence electrons. The molecule has 24 heavy (non-hydrogen) atoms. The third-order valence-electron chi connectivity index (χ3n) is 4.00. The second-order valence-corrected chi connectivity index (χ2v) is 5.72. The van der Waals surface area contributed by atoms with E-state index < -0.39 is 17.9 Å². The summed E-state index contributed by atoms with van der Waals surface area (Å²) in [5, 5.41) is 0. The monoisotopic (exact) mass is 331 g/mol. The van der Waals surface area contributed by atoms with E-state index >= 15 is 0 Å². The number of rotatable bonds is 4. The fourth-order valence-electron chi connectivity index (χ4n) is 2.72. The number of carbonyl (C=O) groups is 2. The molecule has 1 unspecified atom stereocenters. The zero-order valence-corrected chi connectivity index (χ0v) is 13.3. The summed E-state index contributed by atoms with van der Waals surface area (Å²) in [7, 11) is 0. The Balaban J connectivity index is 1.67. The number of carbonyl (C=O) groups excluding carboxylic acids is 2. The number of benzene rings is 1. The molecule has 1 fully saturated rings. The molecule has 0 aliphatic carbocycles. The molecule has 1 aliphatic rings. The molecule has 6 heteroatoms. The lowest BCUT2D eigenvalue weighted by molar-refractivity contribution is -0.138. The van der Waals surface area contributed by atoms with Crippen LogP contribution in [-0.4, -0.2) is 36.0 Å². The van der Waals surface area contributed by atoms with E-state index in [1.54, 1.807) is 30.0 Å². The van der Waals surface area contributed by atoms with Crippen molar-refractivity contribution in [1.82, 2.24) is 4.90 Å². The first kappa shape index (κ1) is 16.2. The van der Waals surface area contributed by atoms with Gasteiger partial charge in [0.25, 0.3) is 5.91 Å². The Morgan fingerprint density at radius 3 is 2.58 bits per heavy atom. The van der Waals surface area contributed by atoms with E-state index in [9.17, 15) is 14.0 Å². The molecule has 0 saturated carbocycles. The smallest absolute Gasteiger partial charge is 0.375 e. The highest BCUT2D eigenvalue weighted by Gasteiger charge is 2.27. The van der Waals surface area contributed by atoms with Gasteiger partial charge in [0.1, 0.15) is 11.6 Å². The van der Waals surface area contributed by atoms with Crippen LogP contribution in [0.25, 0.3) is 11.3 Å². The number of halogens is 1. The second kappa shape index (κ2) is 6.86. The van der Waals surface area contributed by atoms with Gasteiger partial charge >= 0.3 is 5.97 Å². The summed E-state index contributed by atoms with van der Waals surface area (Å²) in [6.45, 7) is 2.93. The van der Waals surface area contributed by atoms with Crippen molar-refractivity contribution in [2.75, 3.05) is 13.1 Å². The summed E-state index contributed by atoms with van der Waals surface area (Å²) in [5.74, 6) is -1.21. The minimum atomic E-state index is -0.877. The van der Waals surface area contributed by atoms with Crippen LogP contribution in [0.2, 0.25) is 0 Å². The number of hydrogen-bond donors (Lipinski definition) is 0. The van der Waals surface area contributed by atoms with Gasteiger partial charge in [0.2, 0.25) is 5.76 Å². The molecule has 5 nitrogen and oxygen atoms in total. The number of esters is 1. The first-order valence-corrected chi connectivity index (χ1v) is 7.91. The molecule has 2 aromatic rings. The molecule has 1 atom stereocenters. The SMILES string of the molecule is CC(OC(=O)c1ccc(-c2ccccc2F)o1)C(=O)N1CCCC1. The molecule has 1 aliphatic heterocycles. The van der Waals surface area contributed by atoms with Gasteiger partial charge in [-0.2, -0.15) is 0 Å². The van der Waals surface area contributed by atoms with Gasteiger partial charge in [0.05, 0.1) is 5.56 Å². The molecule has 0 bridgehead atoms. The van der Waals surface area contributed by atoms with E-state index in [1.165, 1.54) is 18.2 Å².